The molecule has 1 fully saturated rings. The summed E-state index contributed by atoms with van der Waals surface area (Å²) in [4.78, 5) is 12.5. The van der Waals surface area contributed by atoms with Crippen LogP contribution in [-0.4, -0.2) is 34.9 Å². The minimum atomic E-state index is -0.241. The van der Waals surface area contributed by atoms with Crippen molar-refractivity contribution in [3.8, 4) is 0 Å². The number of carbonyl (C=O) groups is 1. The molecule has 6 nitrogen and oxygen atoms in total. The van der Waals surface area contributed by atoms with Gasteiger partial charge in [-0.05, 0) is 44.0 Å². The lowest BCUT2D eigenvalue weighted by Gasteiger charge is -2.33. The van der Waals surface area contributed by atoms with E-state index in [1.54, 1.807) is 0 Å². The lowest BCUT2D eigenvalue weighted by atomic mass is 9.86. The van der Waals surface area contributed by atoms with Crippen molar-refractivity contribution in [2.45, 2.75) is 58.2 Å². The van der Waals surface area contributed by atoms with E-state index in [1.165, 1.54) is 12.1 Å². The lowest BCUT2D eigenvalue weighted by Crippen LogP contribution is -2.52. The van der Waals surface area contributed by atoms with E-state index in [0.717, 1.165) is 49.2 Å². The maximum Gasteiger partial charge on any atom is 0.315 e. The van der Waals surface area contributed by atoms with Gasteiger partial charge in [-0.15, -0.1) is 0 Å². The summed E-state index contributed by atoms with van der Waals surface area (Å²) < 4.78 is 15.2. The molecule has 3 N–H and O–H groups in total. The number of aryl methyl sites for hydroxylation is 2. The van der Waals surface area contributed by atoms with E-state index in [0.29, 0.717) is 13.1 Å². The molecule has 1 aromatic heterocycles. The fourth-order valence-corrected chi connectivity index (χ4v) is 3.68. The fourth-order valence-electron chi connectivity index (χ4n) is 3.68. The van der Waals surface area contributed by atoms with Crippen molar-refractivity contribution in [2.75, 3.05) is 13.1 Å². The van der Waals surface area contributed by atoms with Gasteiger partial charge in [0.1, 0.15) is 5.82 Å². The van der Waals surface area contributed by atoms with Crippen molar-refractivity contribution in [1.82, 2.24) is 25.7 Å². The van der Waals surface area contributed by atoms with E-state index in [4.69, 9.17) is 0 Å². The molecule has 0 radical (unpaired) electrons. The molecule has 3 rings (SSSR count). The first kappa shape index (κ1) is 20.3. The third-order valence-electron chi connectivity index (χ3n) is 5.32. The summed E-state index contributed by atoms with van der Waals surface area (Å²) >= 11 is 0. The second-order valence-corrected chi connectivity index (χ2v) is 7.44. The molecule has 2 amide bonds. The molecule has 1 aliphatic heterocycles. The number of aromatic nitrogens is 2. The number of rotatable bonds is 7. The highest BCUT2D eigenvalue weighted by Gasteiger charge is 2.27. The van der Waals surface area contributed by atoms with E-state index in [2.05, 4.69) is 28.0 Å². The molecule has 7 heteroatoms. The Balaban J connectivity index is 1.55. The summed E-state index contributed by atoms with van der Waals surface area (Å²) in [6, 6.07) is 6.35. The Kier molecular flexibility index (Phi) is 7.03. The Hall–Kier alpha value is -2.41. The number of piperidine rings is 1. The summed E-state index contributed by atoms with van der Waals surface area (Å²) in [5.74, 6) is -0.0686. The first-order valence-electron chi connectivity index (χ1n) is 10.1. The van der Waals surface area contributed by atoms with Crippen LogP contribution in [0.5, 0.6) is 0 Å². The zero-order valence-corrected chi connectivity index (χ0v) is 16.7. The van der Waals surface area contributed by atoms with Crippen LogP contribution < -0.4 is 16.0 Å². The van der Waals surface area contributed by atoms with Crippen molar-refractivity contribution in [2.24, 2.45) is 0 Å². The van der Waals surface area contributed by atoms with Crippen molar-refractivity contribution in [3.63, 3.8) is 0 Å². The van der Waals surface area contributed by atoms with Crippen molar-refractivity contribution in [1.29, 1.82) is 0 Å². The van der Waals surface area contributed by atoms with Gasteiger partial charge in [0, 0.05) is 43.4 Å². The van der Waals surface area contributed by atoms with E-state index >= 15 is 0 Å². The van der Waals surface area contributed by atoms with Crippen LogP contribution in [0.2, 0.25) is 0 Å². The van der Waals surface area contributed by atoms with Gasteiger partial charge in [0.05, 0.1) is 5.69 Å². The number of hydrogen-bond donors (Lipinski definition) is 3. The smallest absolute Gasteiger partial charge is 0.315 e. The van der Waals surface area contributed by atoms with Crippen molar-refractivity contribution in [3.05, 3.63) is 53.1 Å². The monoisotopic (exact) mass is 387 g/mol. The number of carbonyl (C=O) groups excluding carboxylic acids is 1. The number of nitrogens with zero attached hydrogens (tertiary/aromatic N) is 2. The molecule has 2 atom stereocenters. The molecule has 1 aliphatic rings. The average Bonchev–Trinajstić information content (AvgIpc) is 3.05. The second kappa shape index (κ2) is 9.68. The zero-order chi connectivity index (χ0) is 19.9. The van der Waals surface area contributed by atoms with E-state index < -0.39 is 0 Å². The Morgan fingerprint density at radius 1 is 1.36 bits per heavy atom. The van der Waals surface area contributed by atoms with Gasteiger partial charge >= 0.3 is 6.03 Å². The minimum Gasteiger partial charge on any atom is -0.334 e. The van der Waals surface area contributed by atoms with Crippen LogP contribution in [-0.2, 0) is 13.1 Å². The third kappa shape index (κ3) is 5.32. The van der Waals surface area contributed by atoms with Crippen LogP contribution in [0.25, 0.3) is 0 Å². The highest BCUT2D eigenvalue weighted by Crippen LogP contribution is 2.25. The second-order valence-electron chi connectivity index (χ2n) is 7.44. The molecule has 0 aliphatic carbocycles. The first-order chi connectivity index (χ1) is 13.6. The van der Waals surface area contributed by atoms with Crippen LogP contribution in [0.1, 0.15) is 48.9 Å². The molecular formula is C21H30FN5O. The maximum absolute atomic E-state index is 13.2. The fraction of sp³-hybridized carbons (Fsp3) is 0.524. The molecular weight excluding hydrogens is 357 g/mol. The van der Waals surface area contributed by atoms with Crippen LogP contribution in [0.4, 0.5) is 9.18 Å². The molecule has 0 bridgehead atoms. The predicted molar refractivity (Wildman–Crippen MR) is 108 cm³/mol. The van der Waals surface area contributed by atoms with Gasteiger partial charge in [-0.2, -0.15) is 5.10 Å². The summed E-state index contributed by atoms with van der Waals surface area (Å²) in [7, 11) is 0. The Morgan fingerprint density at radius 3 is 2.89 bits per heavy atom. The summed E-state index contributed by atoms with van der Waals surface area (Å²) in [5.41, 5.74) is 3.03. The van der Waals surface area contributed by atoms with Crippen molar-refractivity contribution >= 4 is 6.03 Å². The topological polar surface area (TPSA) is 71.0 Å². The Bertz CT molecular complexity index is 774. The molecule has 2 heterocycles. The van der Waals surface area contributed by atoms with Gasteiger partial charge < -0.3 is 16.0 Å². The predicted octanol–water partition coefficient (Wildman–Crippen LogP) is 3.08. The van der Waals surface area contributed by atoms with Gasteiger partial charge in [-0.25, -0.2) is 9.18 Å². The highest BCUT2D eigenvalue weighted by atomic mass is 19.1. The number of halogens is 1. The van der Waals surface area contributed by atoms with Gasteiger partial charge in [0.25, 0.3) is 0 Å². The number of nitrogens with one attached hydrogen (secondary N) is 3. The summed E-state index contributed by atoms with van der Waals surface area (Å²) in [6.07, 6.45) is 5.13. The number of unbranched alkanes of at least 4 members (excludes halogenated alkanes) is 1. The molecule has 0 saturated carbocycles. The molecule has 0 spiro atoms. The summed E-state index contributed by atoms with van der Waals surface area (Å²) in [6.45, 7) is 7.05. The number of hydrogen-bond acceptors (Lipinski definition) is 3. The third-order valence-corrected chi connectivity index (χ3v) is 5.32. The number of urea groups is 1. The number of amides is 2. The summed E-state index contributed by atoms with van der Waals surface area (Å²) in [5, 5.41) is 13.9. The van der Waals surface area contributed by atoms with Gasteiger partial charge in [0.15, 0.2) is 0 Å². The number of benzene rings is 1. The molecule has 28 heavy (non-hydrogen) atoms. The van der Waals surface area contributed by atoms with Crippen LogP contribution in [0.3, 0.4) is 0 Å². The molecule has 1 aromatic carbocycles. The zero-order valence-electron chi connectivity index (χ0n) is 16.7. The van der Waals surface area contributed by atoms with E-state index in [1.807, 2.05) is 29.9 Å². The minimum absolute atomic E-state index is 0.0346. The van der Waals surface area contributed by atoms with Gasteiger partial charge in [-0.1, -0.05) is 25.5 Å². The molecule has 152 valence electrons. The Morgan fingerprint density at radius 2 is 2.14 bits per heavy atom. The van der Waals surface area contributed by atoms with E-state index in [-0.39, 0.29) is 23.8 Å². The molecule has 0 unspecified atom stereocenters. The lowest BCUT2D eigenvalue weighted by molar-refractivity contribution is 0.230. The largest absolute Gasteiger partial charge is 0.334 e. The van der Waals surface area contributed by atoms with E-state index in [9.17, 15) is 9.18 Å². The average molecular weight is 388 g/mol. The van der Waals surface area contributed by atoms with Crippen LogP contribution in [0.15, 0.2) is 30.5 Å². The SMILES string of the molecule is CCCCn1cc(CNC(=O)N[C@@H]2CNCC[C@@H]2c2ccc(F)cc2)c(C)n1. The molecule has 1 saturated heterocycles. The van der Waals surface area contributed by atoms with Crippen molar-refractivity contribution < 1.29 is 9.18 Å². The molecule has 2 aromatic rings. The first-order valence-corrected chi connectivity index (χ1v) is 10.1. The van der Waals surface area contributed by atoms with Crippen LogP contribution >= 0.6 is 0 Å². The van der Waals surface area contributed by atoms with Gasteiger partial charge in [-0.3, -0.25) is 4.68 Å². The maximum atomic E-state index is 13.2. The highest BCUT2D eigenvalue weighted by molar-refractivity contribution is 5.74. The van der Waals surface area contributed by atoms with Gasteiger partial charge in [0.2, 0.25) is 0 Å². The normalized spacial score (nSPS) is 19.4. The Labute approximate surface area is 165 Å². The quantitative estimate of drug-likeness (QED) is 0.684. The standard InChI is InChI=1S/C21H30FN5O/c1-3-4-11-27-14-17(15(2)26-27)12-24-21(28)25-20-13-23-10-9-19(20)16-5-7-18(22)8-6-16/h5-8,14,19-20,23H,3-4,9-13H2,1-2H3,(H2,24,25,28)/t19-,20-/m1/s1. The van der Waals surface area contributed by atoms with Crippen LogP contribution in [0, 0.1) is 12.7 Å².